The number of ether oxygens (including phenoxy) is 1. The summed E-state index contributed by atoms with van der Waals surface area (Å²) in [5.74, 6) is -0.0114. The molecule has 114 valence electrons. The van der Waals surface area contributed by atoms with Crippen LogP contribution in [0.25, 0.3) is 0 Å². The lowest BCUT2D eigenvalue weighted by molar-refractivity contribution is -0.142. The second-order valence-electron chi connectivity index (χ2n) is 5.36. The van der Waals surface area contributed by atoms with E-state index >= 15 is 0 Å². The molecule has 1 saturated carbocycles. The van der Waals surface area contributed by atoms with Crippen LogP contribution in [-0.2, 0) is 9.53 Å². The number of hydrogen-bond donors (Lipinski definition) is 2. The first-order chi connectivity index (χ1) is 8.55. The lowest BCUT2D eigenvalue weighted by Gasteiger charge is -2.55. The number of nitrogens with one attached hydrogen (secondary N) is 1. The largest absolute Gasteiger partial charge is 0.381 e. The fraction of sp³-hybridized carbons (Fsp3) is 0.929. The summed E-state index contributed by atoms with van der Waals surface area (Å²) in [7, 11) is 1.76. The van der Waals surface area contributed by atoms with E-state index in [1.165, 1.54) is 0 Å². The predicted octanol–water partition coefficient (Wildman–Crippen LogP) is 2.25. The Kier molecular flexibility index (Phi) is 7.94. The number of carbonyl (C=O) groups is 1. The molecule has 0 aromatic carbocycles. The van der Waals surface area contributed by atoms with Gasteiger partial charge in [-0.15, -0.1) is 12.4 Å². The standard InChI is InChI=1S/C14H28N2O2.ClH/c1-5-8-10(15)13(17)16-11-9-12(18-4)14(11,6-2)7-3;/h10-12H,5-9,15H2,1-4H3,(H,16,17);1H. The molecular formula is C14H29ClN2O2. The van der Waals surface area contributed by atoms with E-state index < -0.39 is 0 Å². The molecule has 3 unspecified atom stereocenters. The van der Waals surface area contributed by atoms with E-state index in [1.807, 2.05) is 6.92 Å². The van der Waals surface area contributed by atoms with Crippen molar-refractivity contribution in [3.8, 4) is 0 Å². The minimum atomic E-state index is -0.372. The van der Waals surface area contributed by atoms with Crippen LogP contribution in [-0.4, -0.2) is 31.2 Å². The zero-order chi connectivity index (χ0) is 13.8. The highest BCUT2D eigenvalue weighted by Crippen LogP contribution is 2.48. The Hall–Kier alpha value is -0.320. The Balaban J connectivity index is 0.00000324. The lowest BCUT2D eigenvalue weighted by atomic mass is 9.58. The van der Waals surface area contributed by atoms with Crippen molar-refractivity contribution in [1.82, 2.24) is 5.32 Å². The Morgan fingerprint density at radius 2 is 2.00 bits per heavy atom. The smallest absolute Gasteiger partial charge is 0.237 e. The molecule has 1 aliphatic rings. The van der Waals surface area contributed by atoms with Gasteiger partial charge in [0.05, 0.1) is 12.1 Å². The maximum Gasteiger partial charge on any atom is 0.237 e. The van der Waals surface area contributed by atoms with E-state index in [4.69, 9.17) is 10.5 Å². The summed E-state index contributed by atoms with van der Waals surface area (Å²) in [6.07, 6.45) is 4.90. The summed E-state index contributed by atoms with van der Waals surface area (Å²) in [6, 6.07) is -0.157. The van der Waals surface area contributed by atoms with Crippen LogP contribution in [0.4, 0.5) is 0 Å². The van der Waals surface area contributed by atoms with Gasteiger partial charge in [-0.2, -0.15) is 0 Å². The van der Waals surface area contributed by atoms with E-state index in [0.29, 0.717) is 0 Å². The quantitative estimate of drug-likeness (QED) is 0.756. The van der Waals surface area contributed by atoms with Crippen LogP contribution >= 0.6 is 12.4 Å². The van der Waals surface area contributed by atoms with Crippen molar-refractivity contribution in [2.24, 2.45) is 11.1 Å². The number of carbonyl (C=O) groups excluding carboxylic acids is 1. The molecule has 3 atom stereocenters. The summed E-state index contributed by atoms with van der Waals surface area (Å²) in [5.41, 5.74) is 5.94. The van der Waals surface area contributed by atoms with Gasteiger partial charge >= 0.3 is 0 Å². The Morgan fingerprint density at radius 1 is 1.42 bits per heavy atom. The molecule has 4 nitrogen and oxygen atoms in total. The van der Waals surface area contributed by atoms with E-state index in [1.54, 1.807) is 7.11 Å². The lowest BCUT2D eigenvalue weighted by Crippen LogP contribution is -2.65. The molecule has 0 aliphatic heterocycles. The van der Waals surface area contributed by atoms with Crippen molar-refractivity contribution in [2.75, 3.05) is 7.11 Å². The first-order valence-corrected chi connectivity index (χ1v) is 7.14. The van der Waals surface area contributed by atoms with Gasteiger partial charge in [0.2, 0.25) is 5.91 Å². The zero-order valence-electron chi connectivity index (χ0n) is 12.6. The number of methoxy groups -OCH3 is 1. The highest BCUT2D eigenvalue weighted by molar-refractivity contribution is 5.85. The minimum absolute atomic E-state index is 0. The summed E-state index contributed by atoms with van der Waals surface area (Å²) in [4.78, 5) is 12.0. The summed E-state index contributed by atoms with van der Waals surface area (Å²) < 4.78 is 5.52. The molecule has 0 radical (unpaired) electrons. The van der Waals surface area contributed by atoms with Crippen molar-refractivity contribution in [3.63, 3.8) is 0 Å². The SMILES string of the molecule is CCCC(N)C(=O)NC1CC(OC)C1(CC)CC.Cl. The fourth-order valence-corrected chi connectivity index (χ4v) is 3.20. The van der Waals surface area contributed by atoms with Crippen LogP contribution in [0.5, 0.6) is 0 Å². The van der Waals surface area contributed by atoms with Crippen molar-refractivity contribution < 1.29 is 9.53 Å². The molecule has 1 aliphatic carbocycles. The van der Waals surface area contributed by atoms with Crippen LogP contribution in [0.15, 0.2) is 0 Å². The number of nitrogens with two attached hydrogens (primary N) is 1. The van der Waals surface area contributed by atoms with Gasteiger partial charge in [0.15, 0.2) is 0 Å². The maximum atomic E-state index is 12.0. The molecule has 0 saturated heterocycles. The number of amides is 1. The highest BCUT2D eigenvalue weighted by Gasteiger charge is 2.53. The molecule has 0 aromatic heterocycles. The van der Waals surface area contributed by atoms with Gasteiger partial charge < -0.3 is 15.8 Å². The van der Waals surface area contributed by atoms with Gasteiger partial charge in [-0.1, -0.05) is 27.2 Å². The summed E-state index contributed by atoms with van der Waals surface area (Å²) >= 11 is 0. The van der Waals surface area contributed by atoms with Crippen LogP contribution in [0.3, 0.4) is 0 Å². The van der Waals surface area contributed by atoms with Gasteiger partial charge in [-0.3, -0.25) is 4.79 Å². The molecule has 5 heteroatoms. The van der Waals surface area contributed by atoms with Crippen molar-refractivity contribution in [1.29, 1.82) is 0 Å². The van der Waals surface area contributed by atoms with Crippen LogP contribution < -0.4 is 11.1 Å². The van der Waals surface area contributed by atoms with E-state index in [9.17, 15) is 4.79 Å². The second kappa shape index (κ2) is 8.08. The molecular weight excluding hydrogens is 264 g/mol. The Morgan fingerprint density at radius 3 is 2.42 bits per heavy atom. The van der Waals surface area contributed by atoms with Gasteiger partial charge in [-0.25, -0.2) is 0 Å². The van der Waals surface area contributed by atoms with Gasteiger partial charge in [0.1, 0.15) is 0 Å². The third-order valence-electron chi connectivity index (χ3n) is 4.64. The average molecular weight is 293 g/mol. The molecule has 1 rings (SSSR count). The fourth-order valence-electron chi connectivity index (χ4n) is 3.20. The van der Waals surface area contributed by atoms with Crippen molar-refractivity contribution in [2.45, 2.75) is 71.1 Å². The Bertz CT molecular complexity index is 283. The Labute approximate surface area is 123 Å². The molecule has 0 spiro atoms. The monoisotopic (exact) mass is 292 g/mol. The molecule has 1 fully saturated rings. The first-order valence-electron chi connectivity index (χ1n) is 7.14. The van der Waals surface area contributed by atoms with E-state index in [-0.39, 0.29) is 41.9 Å². The maximum absolute atomic E-state index is 12.0. The molecule has 19 heavy (non-hydrogen) atoms. The van der Waals surface area contributed by atoms with E-state index in [2.05, 4.69) is 19.2 Å². The predicted molar refractivity (Wildman–Crippen MR) is 80.5 cm³/mol. The molecule has 0 heterocycles. The van der Waals surface area contributed by atoms with Crippen LogP contribution in [0.1, 0.15) is 52.9 Å². The van der Waals surface area contributed by atoms with Crippen LogP contribution in [0.2, 0.25) is 0 Å². The van der Waals surface area contributed by atoms with Gasteiger partial charge in [0, 0.05) is 18.6 Å². The van der Waals surface area contributed by atoms with Crippen molar-refractivity contribution in [3.05, 3.63) is 0 Å². The second-order valence-corrected chi connectivity index (χ2v) is 5.36. The molecule has 1 amide bonds. The third-order valence-corrected chi connectivity index (χ3v) is 4.64. The third kappa shape index (κ3) is 3.61. The summed E-state index contributed by atoms with van der Waals surface area (Å²) in [5, 5.41) is 3.11. The van der Waals surface area contributed by atoms with Crippen molar-refractivity contribution >= 4 is 18.3 Å². The highest BCUT2D eigenvalue weighted by atomic mass is 35.5. The molecule has 0 aromatic rings. The average Bonchev–Trinajstić information content (AvgIpc) is 2.35. The normalized spacial score (nSPS) is 25.9. The molecule has 3 N–H and O–H groups in total. The van der Waals surface area contributed by atoms with Crippen LogP contribution in [0, 0.1) is 5.41 Å². The van der Waals surface area contributed by atoms with Gasteiger partial charge in [0.25, 0.3) is 0 Å². The number of rotatable bonds is 7. The first kappa shape index (κ1) is 18.7. The number of hydrogen-bond acceptors (Lipinski definition) is 3. The minimum Gasteiger partial charge on any atom is -0.381 e. The topological polar surface area (TPSA) is 64.4 Å². The summed E-state index contributed by atoms with van der Waals surface area (Å²) in [6.45, 7) is 6.37. The van der Waals surface area contributed by atoms with Gasteiger partial charge in [-0.05, 0) is 25.7 Å². The molecule has 0 bridgehead atoms. The number of halogens is 1. The zero-order valence-corrected chi connectivity index (χ0v) is 13.4. The van der Waals surface area contributed by atoms with E-state index in [0.717, 1.165) is 32.1 Å².